The van der Waals surface area contributed by atoms with Gasteiger partial charge in [0.15, 0.2) is 0 Å². The maximum Gasteiger partial charge on any atom is 0.253 e. The first-order valence-corrected chi connectivity index (χ1v) is 6.39. The van der Waals surface area contributed by atoms with E-state index in [4.69, 9.17) is 0 Å². The molecule has 0 saturated carbocycles. The zero-order chi connectivity index (χ0) is 13.0. The third-order valence-corrected chi connectivity index (χ3v) is 3.25. The standard InChI is InChI=1S/C12H14N4OS/c1-8-16-9(7-18-8)5-15-12(17)10-3-4-14-6-11(10)13-2/h3-4,6-7,13H,5H2,1-2H3,(H,15,17). The minimum atomic E-state index is -0.132. The second kappa shape index (κ2) is 5.59. The van der Waals surface area contributed by atoms with Crippen molar-refractivity contribution in [3.63, 3.8) is 0 Å². The van der Waals surface area contributed by atoms with Gasteiger partial charge in [-0.1, -0.05) is 0 Å². The van der Waals surface area contributed by atoms with Crippen LogP contribution in [-0.4, -0.2) is 22.9 Å². The number of anilines is 1. The maximum absolute atomic E-state index is 12.0. The molecule has 1 amide bonds. The number of rotatable bonds is 4. The molecule has 2 N–H and O–H groups in total. The van der Waals surface area contributed by atoms with E-state index in [0.29, 0.717) is 17.8 Å². The highest BCUT2D eigenvalue weighted by molar-refractivity contribution is 7.09. The summed E-state index contributed by atoms with van der Waals surface area (Å²) in [6.45, 7) is 2.38. The Labute approximate surface area is 109 Å². The summed E-state index contributed by atoms with van der Waals surface area (Å²) in [5, 5.41) is 8.73. The summed E-state index contributed by atoms with van der Waals surface area (Å²) in [4.78, 5) is 20.3. The molecule has 0 aromatic carbocycles. The van der Waals surface area contributed by atoms with Gasteiger partial charge in [-0.15, -0.1) is 11.3 Å². The van der Waals surface area contributed by atoms with Crippen LogP contribution in [0.25, 0.3) is 0 Å². The Morgan fingerprint density at radius 3 is 3.00 bits per heavy atom. The van der Waals surface area contributed by atoms with Gasteiger partial charge in [-0.25, -0.2) is 4.98 Å². The number of aromatic nitrogens is 2. The number of amides is 1. The lowest BCUT2D eigenvalue weighted by atomic mass is 10.2. The first-order chi connectivity index (χ1) is 8.70. The Morgan fingerprint density at radius 1 is 1.50 bits per heavy atom. The van der Waals surface area contributed by atoms with Gasteiger partial charge in [0.25, 0.3) is 5.91 Å². The lowest BCUT2D eigenvalue weighted by Gasteiger charge is -2.08. The predicted molar refractivity (Wildman–Crippen MR) is 71.8 cm³/mol. The smallest absolute Gasteiger partial charge is 0.253 e. The topological polar surface area (TPSA) is 66.9 Å². The average molecular weight is 262 g/mol. The molecular formula is C12H14N4OS. The molecule has 0 saturated heterocycles. The Kier molecular flexibility index (Phi) is 3.88. The maximum atomic E-state index is 12.0. The van der Waals surface area contributed by atoms with E-state index in [-0.39, 0.29) is 5.91 Å². The Balaban J connectivity index is 2.03. The molecule has 6 heteroatoms. The van der Waals surface area contributed by atoms with E-state index in [9.17, 15) is 4.79 Å². The molecule has 0 unspecified atom stereocenters. The van der Waals surface area contributed by atoms with Gasteiger partial charge in [-0.2, -0.15) is 0 Å². The fraction of sp³-hybridized carbons (Fsp3) is 0.250. The van der Waals surface area contributed by atoms with Gasteiger partial charge in [0, 0.05) is 18.6 Å². The first kappa shape index (κ1) is 12.5. The highest BCUT2D eigenvalue weighted by Crippen LogP contribution is 2.13. The van der Waals surface area contributed by atoms with Crippen LogP contribution >= 0.6 is 11.3 Å². The minimum absolute atomic E-state index is 0.132. The zero-order valence-corrected chi connectivity index (χ0v) is 11.0. The van der Waals surface area contributed by atoms with Crippen molar-refractivity contribution in [1.29, 1.82) is 0 Å². The van der Waals surface area contributed by atoms with Crippen molar-refractivity contribution < 1.29 is 4.79 Å². The summed E-state index contributed by atoms with van der Waals surface area (Å²) in [6.07, 6.45) is 3.23. The molecule has 0 bridgehead atoms. The van der Waals surface area contributed by atoms with Crippen LogP contribution in [-0.2, 0) is 6.54 Å². The number of hydrogen-bond acceptors (Lipinski definition) is 5. The number of aryl methyl sites for hydroxylation is 1. The van der Waals surface area contributed by atoms with Crippen LogP contribution in [0.15, 0.2) is 23.8 Å². The van der Waals surface area contributed by atoms with Gasteiger partial charge < -0.3 is 10.6 Å². The second-order valence-corrected chi connectivity index (χ2v) is 4.77. The lowest BCUT2D eigenvalue weighted by Crippen LogP contribution is -2.24. The molecule has 0 atom stereocenters. The summed E-state index contributed by atoms with van der Waals surface area (Å²) in [6, 6.07) is 1.69. The third-order valence-electron chi connectivity index (χ3n) is 2.43. The molecule has 0 aliphatic rings. The number of nitrogens with one attached hydrogen (secondary N) is 2. The minimum Gasteiger partial charge on any atom is -0.386 e. The van der Waals surface area contributed by atoms with Gasteiger partial charge in [0.2, 0.25) is 0 Å². The quantitative estimate of drug-likeness (QED) is 0.882. The summed E-state index contributed by atoms with van der Waals surface area (Å²) >= 11 is 1.57. The molecule has 0 aliphatic heterocycles. The second-order valence-electron chi connectivity index (χ2n) is 3.71. The first-order valence-electron chi connectivity index (χ1n) is 5.51. The summed E-state index contributed by atoms with van der Waals surface area (Å²) < 4.78 is 0. The molecule has 2 heterocycles. The van der Waals surface area contributed by atoms with E-state index < -0.39 is 0 Å². The monoisotopic (exact) mass is 262 g/mol. The number of carbonyl (C=O) groups excluding carboxylic acids is 1. The highest BCUT2D eigenvalue weighted by atomic mass is 32.1. The van der Waals surface area contributed by atoms with Crippen LogP contribution in [0.1, 0.15) is 21.1 Å². The molecule has 0 radical (unpaired) electrons. The molecule has 18 heavy (non-hydrogen) atoms. The Bertz CT molecular complexity index is 553. The molecule has 0 spiro atoms. The molecule has 5 nitrogen and oxygen atoms in total. The van der Waals surface area contributed by atoms with E-state index >= 15 is 0 Å². The highest BCUT2D eigenvalue weighted by Gasteiger charge is 2.10. The summed E-state index contributed by atoms with van der Waals surface area (Å²) in [5.41, 5.74) is 2.18. The van der Waals surface area contributed by atoms with Gasteiger partial charge in [-0.3, -0.25) is 9.78 Å². The molecule has 2 aromatic heterocycles. The van der Waals surface area contributed by atoms with Crippen LogP contribution in [0.4, 0.5) is 5.69 Å². The van der Waals surface area contributed by atoms with E-state index in [0.717, 1.165) is 10.7 Å². The fourth-order valence-corrected chi connectivity index (χ4v) is 2.16. The SMILES string of the molecule is CNc1cnccc1C(=O)NCc1csc(C)n1. The van der Waals surface area contributed by atoms with E-state index in [1.165, 1.54) is 0 Å². The Hall–Kier alpha value is -1.95. The number of hydrogen-bond donors (Lipinski definition) is 2. The van der Waals surface area contributed by atoms with Gasteiger partial charge in [-0.05, 0) is 13.0 Å². The molecule has 94 valence electrons. The average Bonchev–Trinajstić information content (AvgIpc) is 2.81. The van der Waals surface area contributed by atoms with Crippen molar-refractivity contribution in [2.45, 2.75) is 13.5 Å². The largest absolute Gasteiger partial charge is 0.386 e. The van der Waals surface area contributed by atoms with Gasteiger partial charge in [0.1, 0.15) is 0 Å². The van der Waals surface area contributed by atoms with Crippen molar-refractivity contribution >= 4 is 22.9 Å². The van der Waals surface area contributed by atoms with E-state index in [1.54, 1.807) is 36.8 Å². The van der Waals surface area contributed by atoms with Crippen LogP contribution < -0.4 is 10.6 Å². The van der Waals surface area contributed by atoms with Crippen molar-refractivity contribution in [3.8, 4) is 0 Å². The van der Waals surface area contributed by atoms with Crippen LogP contribution in [0.5, 0.6) is 0 Å². The predicted octanol–water partition coefficient (Wildman–Crippen LogP) is 1.82. The molecule has 2 aromatic rings. The Morgan fingerprint density at radius 2 is 2.33 bits per heavy atom. The van der Waals surface area contributed by atoms with Crippen molar-refractivity contribution in [1.82, 2.24) is 15.3 Å². The van der Waals surface area contributed by atoms with Crippen molar-refractivity contribution in [2.75, 3.05) is 12.4 Å². The number of pyridine rings is 1. The summed E-state index contributed by atoms with van der Waals surface area (Å²) in [5.74, 6) is -0.132. The zero-order valence-electron chi connectivity index (χ0n) is 10.2. The van der Waals surface area contributed by atoms with Crippen molar-refractivity contribution in [2.24, 2.45) is 0 Å². The van der Waals surface area contributed by atoms with Crippen LogP contribution in [0.2, 0.25) is 0 Å². The number of thiazole rings is 1. The number of nitrogens with zero attached hydrogens (tertiary/aromatic N) is 2. The fourth-order valence-electron chi connectivity index (χ4n) is 1.55. The normalized spacial score (nSPS) is 10.1. The molecular weight excluding hydrogens is 248 g/mol. The van der Waals surface area contributed by atoms with Crippen LogP contribution in [0, 0.1) is 6.92 Å². The summed E-state index contributed by atoms with van der Waals surface area (Å²) in [7, 11) is 1.76. The van der Waals surface area contributed by atoms with E-state index in [2.05, 4.69) is 20.6 Å². The number of carbonyl (C=O) groups is 1. The third kappa shape index (κ3) is 2.84. The van der Waals surface area contributed by atoms with Crippen LogP contribution in [0.3, 0.4) is 0 Å². The lowest BCUT2D eigenvalue weighted by molar-refractivity contribution is 0.0951. The molecule has 0 aliphatic carbocycles. The molecule has 0 fully saturated rings. The van der Waals surface area contributed by atoms with E-state index in [1.807, 2.05) is 12.3 Å². The van der Waals surface area contributed by atoms with Crippen molar-refractivity contribution in [3.05, 3.63) is 40.1 Å². The molecule has 2 rings (SSSR count). The van der Waals surface area contributed by atoms with Gasteiger partial charge in [0.05, 0.1) is 34.7 Å². The van der Waals surface area contributed by atoms with Gasteiger partial charge >= 0.3 is 0 Å².